The van der Waals surface area contributed by atoms with E-state index in [2.05, 4.69) is 10.6 Å². The number of hydrogen-bond acceptors (Lipinski definition) is 5. The standard InChI is InChI=1S/C22H25N3O5/c1-15-5-8-17(25(28)29)13-19(15)24-21(27)20(26)23-14-22(11-3-4-12-22)16-6-9-18(30-2)10-7-16/h5-10,13H,3-4,11-12,14H2,1-2H3,(H,23,26)(H,24,27). The lowest BCUT2D eigenvalue weighted by molar-refractivity contribution is -0.384. The highest BCUT2D eigenvalue weighted by Crippen LogP contribution is 2.41. The van der Waals surface area contributed by atoms with Crippen LogP contribution >= 0.6 is 0 Å². The van der Waals surface area contributed by atoms with Crippen LogP contribution in [0, 0.1) is 17.0 Å². The Balaban J connectivity index is 1.68. The molecule has 0 saturated heterocycles. The van der Waals surface area contributed by atoms with E-state index in [-0.39, 0.29) is 16.8 Å². The quantitative estimate of drug-likeness (QED) is 0.430. The summed E-state index contributed by atoms with van der Waals surface area (Å²) in [5, 5.41) is 16.2. The summed E-state index contributed by atoms with van der Waals surface area (Å²) in [6.45, 7) is 2.05. The van der Waals surface area contributed by atoms with E-state index in [0.29, 0.717) is 12.1 Å². The van der Waals surface area contributed by atoms with Crippen molar-refractivity contribution in [2.45, 2.75) is 38.0 Å². The Labute approximate surface area is 174 Å². The lowest BCUT2D eigenvalue weighted by atomic mass is 9.78. The number of aryl methyl sites for hydroxylation is 1. The van der Waals surface area contributed by atoms with Gasteiger partial charge in [0.15, 0.2) is 0 Å². The Morgan fingerprint density at radius 3 is 2.37 bits per heavy atom. The third-order valence-electron chi connectivity index (χ3n) is 5.74. The van der Waals surface area contributed by atoms with Crippen LogP contribution in [0.25, 0.3) is 0 Å². The molecule has 1 fully saturated rings. The van der Waals surface area contributed by atoms with E-state index in [1.54, 1.807) is 14.0 Å². The van der Waals surface area contributed by atoms with Crippen LogP contribution in [0.1, 0.15) is 36.8 Å². The van der Waals surface area contributed by atoms with Gasteiger partial charge < -0.3 is 15.4 Å². The monoisotopic (exact) mass is 411 g/mol. The van der Waals surface area contributed by atoms with Gasteiger partial charge in [0.1, 0.15) is 5.75 Å². The second kappa shape index (κ2) is 8.94. The predicted molar refractivity (Wildman–Crippen MR) is 113 cm³/mol. The van der Waals surface area contributed by atoms with Crippen molar-refractivity contribution >= 4 is 23.2 Å². The average Bonchev–Trinajstić information content (AvgIpc) is 3.23. The molecule has 0 aliphatic heterocycles. The minimum absolute atomic E-state index is 0.152. The lowest BCUT2D eigenvalue weighted by Crippen LogP contribution is -2.43. The Hall–Kier alpha value is -3.42. The lowest BCUT2D eigenvalue weighted by Gasteiger charge is -2.30. The second-order valence-corrected chi connectivity index (χ2v) is 7.61. The summed E-state index contributed by atoms with van der Waals surface area (Å²) < 4.78 is 5.22. The van der Waals surface area contributed by atoms with Crippen molar-refractivity contribution in [2.75, 3.05) is 19.0 Å². The van der Waals surface area contributed by atoms with Gasteiger partial charge in [0.2, 0.25) is 0 Å². The van der Waals surface area contributed by atoms with Crippen molar-refractivity contribution in [2.24, 2.45) is 0 Å². The van der Waals surface area contributed by atoms with E-state index in [1.165, 1.54) is 18.2 Å². The van der Waals surface area contributed by atoms with E-state index >= 15 is 0 Å². The normalized spacial score (nSPS) is 14.7. The van der Waals surface area contributed by atoms with Gasteiger partial charge in [0, 0.05) is 24.1 Å². The number of hydrogen-bond donors (Lipinski definition) is 2. The number of anilines is 1. The minimum Gasteiger partial charge on any atom is -0.497 e. The molecule has 8 heteroatoms. The van der Waals surface area contributed by atoms with Gasteiger partial charge in [0.25, 0.3) is 5.69 Å². The first-order chi connectivity index (χ1) is 14.3. The highest BCUT2D eigenvalue weighted by Gasteiger charge is 2.36. The first-order valence-electron chi connectivity index (χ1n) is 9.83. The molecular formula is C22H25N3O5. The van der Waals surface area contributed by atoms with Gasteiger partial charge in [-0.3, -0.25) is 19.7 Å². The number of methoxy groups -OCH3 is 1. The molecular weight excluding hydrogens is 386 g/mol. The number of ether oxygens (including phenoxy) is 1. The number of nitro benzene ring substituents is 1. The zero-order chi connectivity index (χ0) is 21.7. The number of nitrogens with one attached hydrogen (secondary N) is 2. The molecule has 0 spiro atoms. The van der Waals surface area contributed by atoms with Crippen molar-refractivity contribution in [3.63, 3.8) is 0 Å². The summed E-state index contributed by atoms with van der Waals surface area (Å²) in [4.78, 5) is 35.2. The minimum atomic E-state index is -0.846. The predicted octanol–water partition coefficient (Wildman–Crippen LogP) is 3.48. The number of carbonyl (C=O) groups is 2. The van der Waals surface area contributed by atoms with Crippen molar-refractivity contribution in [1.29, 1.82) is 0 Å². The summed E-state index contributed by atoms with van der Waals surface area (Å²) in [5.74, 6) is -0.843. The molecule has 3 rings (SSSR count). The number of benzene rings is 2. The number of non-ortho nitro benzene ring substituents is 1. The van der Waals surface area contributed by atoms with E-state index < -0.39 is 16.7 Å². The maximum Gasteiger partial charge on any atom is 0.313 e. The van der Waals surface area contributed by atoms with E-state index in [9.17, 15) is 19.7 Å². The van der Waals surface area contributed by atoms with Crippen LogP contribution in [0.15, 0.2) is 42.5 Å². The number of carbonyl (C=O) groups excluding carboxylic acids is 2. The number of nitrogens with zero attached hydrogens (tertiary/aromatic N) is 1. The fourth-order valence-electron chi connectivity index (χ4n) is 3.93. The second-order valence-electron chi connectivity index (χ2n) is 7.61. The van der Waals surface area contributed by atoms with Crippen LogP contribution in [-0.4, -0.2) is 30.4 Å². The van der Waals surface area contributed by atoms with Crippen LogP contribution in [0.4, 0.5) is 11.4 Å². The molecule has 8 nitrogen and oxygen atoms in total. The number of rotatable bonds is 6. The largest absolute Gasteiger partial charge is 0.497 e. The molecule has 2 N–H and O–H groups in total. The average molecular weight is 411 g/mol. The summed E-state index contributed by atoms with van der Waals surface area (Å²) in [5.41, 5.74) is 1.61. The molecule has 2 aromatic carbocycles. The Kier molecular flexibility index (Phi) is 6.34. The molecule has 2 amide bonds. The van der Waals surface area contributed by atoms with Gasteiger partial charge in [0.05, 0.1) is 17.7 Å². The third-order valence-corrected chi connectivity index (χ3v) is 5.74. The van der Waals surface area contributed by atoms with Crippen LogP contribution < -0.4 is 15.4 Å². The zero-order valence-electron chi connectivity index (χ0n) is 17.1. The molecule has 1 aliphatic carbocycles. The Bertz CT molecular complexity index is 950. The molecule has 0 heterocycles. The maximum atomic E-state index is 12.4. The molecule has 0 atom stereocenters. The topological polar surface area (TPSA) is 111 Å². The van der Waals surface area contributed by atoms with E-state index in [1.807, 2.05) is 24.3 Å². The van der Waals surface area contributed by atoms with Gasteiger partial charge in [-0.15, -0.1) is 0 Å². The van der Waals surface area contributed by atoms with Gasteiger partial charge in [-0.2, -0.15) is 0 Å². The van der Waals surface area contributed by atoms with Crippen molar-refractivity contribution in [3.8, 4) is 5.75 Å². The molecule has 0 bridgehead atoms. The summed E-state index contributed by atoms with van der Waals surface area (Å²) in [6.07, 6.45) is 3.96. The first-order valence-corrected chi connectivity index (χ1v) is 9.83. The first kappa shape index (κ1) is 21.3. The molecule has 30 heavy (non-hydrogen) atoms. The summed E-state index contributed by atoms with van der Waals surface area (Å²) in [6, 6.07) is 11.9. The SMILES string of the molecule is COc1ccc(C2(CNC(=O)C(=O)Nc3cc([N+](=O)[O-])ccc3C)CCCC2)cc1. The fourth-order valence-corrected chi connectivity index (χ4v) is 3.93. The molecule has 2 aromatic rings. The van der Waals surface area contributed by atoms with Crippen molar-refractivity contribution in [3.05, 3.63) is 63.7 Å². The van der Waals surface area contributed by atoms with Crippen LogP contribution in [0.5, 0.6) is 5.75 Å². The Morgan fingerprint density at radius 2 is 1.77 bits per heavy atom. The molecule has 1 aliphatic rings. The fraction of sp³-hybridized carbons (Fsp3) is 0.364. The van der Waals surface area contributed by atoms with E-state index in [0.717, 1.165) is 37.0 Å². The van der Waals surface area contributed by atoms with Crippen LogP contribution in [0.2, 0.25) is 0 Å². The van der Waals surface area contributed by atoms with Crippen molar-refractivity contribution < 1.29 is 19.2 Å². The van der Waals surface area contributed by atoms with Crippen LogP contribution in [0.3, 0.4) is 0 Å². The number of nitro groups is 1. The summed E-state index contributed by atoms with van der Waals surface area (Å²) in [7, 11) is 1.61. The van der Waals surface area contributed by atoms with Crippen LogP contribution in [-0.2, 0) is 15.0 Å². The van der Waals surface area contributed by atoms with Gasteiger partial charge in [-0.25, -0.2) is 0 Å². The third kappa shape index (κ3) is 4.59. The molecule has 158 valence electrons. The molecule has 1 saturated carbocycles. The summed E-state index contributed by atoms with van der Waals surface area (Å²) >= 11 is 0. The maximum absolute atomic E-state index is 12.4. The molecule has 0 radical (unpaired) electrons. The highest BCUT2D eigenvalue weighted by atomic mass is 16.6. The molecule has 0 unspecified atom stereocenters. The smallest absolute Gasteiger partial charge is 0.313 e. The van der Waals surface area contributed by atoms with Gasteiger partial charge in [-0.1, -0.05) is 31.0 Å². The van der Waals surface area contributed by atoms with Gasteiger partial charge >= 0.3 is 11.8 Å². The number of amides is 2. The van der Waals surface area contributed by atoms with Gasteiger partial charge in [-0.05, 0) is 43.0 Å². The highest BCUT2D eigenvalue weighted by molar-refractivity contribution is 6.39. The zero-order valence-corrected chi connectivity index (χ0v) is 17.1. The van der Waals surface area contributed by atoms with E-state index in [4.69, 9.17) is 4.74 Å². The Morgan fingerprint density at radius 1 is 1.10 bits per heavy atom. The molecule has 0 aromatic heterocycles. The van der Waals surface area contributed by atoms with Crippen molar-refractivity contribution in [1.82, 2.24) is 5.32 Å².